The van der Waals surface area contributed by atoms with Crippen LogP contribution in [0.15, 0.2) is 12.3 Å². The molecule has 3 nitrogen and oxygen atoms in total. The predicted molar refractivity (Wildman–Crippen MR) is 29.1 cm³/mol. The molecule has 0 heterocycles. The van der Waals surface area contributed by atoms with Gasteiger partial charge < -0.3 is 0 Å². The molecule has 8 heavy (non-hydrogen) atoms. The minimum Gasteiger partial charge on any atom is -0.281 e. The van der Waals surface area contributed by atoms with Gasteiger partial charge in [-0.1, -0.05) is 6.58 Å². The number of hydrogen-bond acceptors (Lipinski definition) is 2. The standard InChI is InChI=1S/C5H9NO2/c1-4(2)6(8)5(3)7/h8H,1H2,2-3H3. The van der Waals surface area contributed by atoms with E-state index in [1.54, 1.807) is 6.92 Å². The fourth-order valence-corrected chi connectivity index (χ4v) is 0.269. The smallest absolute Gasteiger partial charge is 0.247 e. The molecule has 0 atom stereocenters. The van der Waals surface area contributed by atoms with E-state index in [0.29, 0.717) is 10.8 Å². The van der Waals surface area contributed by atoms with Crippen molar-refractivity contribution in [2.75, 3.05) is 0 Å². The van der Waals surface area contributed by atoms with Gasteiger partial charge in [0, 0.05) is 12.6 Å². The van der Waals surface area contributed by atoms with Crippen LogP contribution in [0.3, 0.4) is 0 Å². The minimum absolute atomic E-state index is 0.331. The Morgan fingerprint density at radius 1 is 1.62 bits per heavy atom. The Bertz CT molecular complexity index is 106. The van der Waals surface area contributed by atoms with Crippen LogP contribution in [0.1, 0.15) is 13.8 Å². The van der Waals surface area contributed by atoms with Gasteiger partial charge in [0.15, 0.2) is 0 Å². The van der Waals surface area contributed by atoms with E-state index in [9.17, 15) is 4.79 Å². The Balaban J connectivity index is 3.83. The minimum atomic E-state index is -0.419. The molecule has 0 rings (SSSR count). The van der Waals surface area contributed by atoms with Crippen LogP contribution in [0.2, 0.25) is 0 Å². The average molecular weight is 115 g/mol. The lowest BCUT2D eigenvalue weighted by Gasteiger charge is -2.09. The van der Waals surface area contributed by atoms with Crippen LogP contribution < -0.4 is 0 Å². The molecule has 46 valence electrons. The molecular weight excluding hydrogens is 106 g/mol. The highest BCUT2D eigenvalue weighted by molar-refractivity contribution is 5.73. The zero-order chi connectivity index (χ0) is 6.73. The summed E-state index contributed by atoms with van der Waals surface area (Å²) in [5, 5.41) is 9.09. The molecule has 0 aromatic rings. The van der Waals surface area contributed by atoms with E-state index in [1.807, 2.05) is 0 Å². The molecule has 1 amide bonds. The molecule has 0 aromatic heterocycles. The zero-order valence-corrected chi connectivity index (χ0v) is 5.01. The highest BCUT2D eigenvalue weighted by Gasteiger charge is 2.01. The number of nitrogens with zero attached hydrogens (tertiary/aromatic N) is 1. The maximum Gasteiger partial charge on any atom is 0.247 e. The summed E-state index contributed by atoms with van der Waals surface area (Å²) < 4.78 is 0. The summed E-state index contributed by atoms with van der Waals surface area (Å²) in [6.45, 7) is 6.13. The number of carbonyl (C=O) groups excluding carboxylic acids is 1. The molecule has 3 heteroatoms. The third-order valence-electron chi connectivity index (χ3n) is 0.660. The van der Waals surface area contributed by atoms with Gasteiger partial charge in [-0.25, -0.2) is 0 Å². The van der Waals surface area contributed by atoms with Gasteiger partial charge in [-0.3, -0.25) is 10.0 Å². The van der Waals surface area contributed by atoms with Crippen LogP contribution in [0, 0.1) is 0 Å². The van der Waals surface area contributed by atoms with Crippen molar-refractivity contribution in [2.45, 2.75) is 13.8 Å². The quantitative estimate of drug-likeness (QED) is 0.405. The normalized spacial score (nSPS) is 8.38. The van der Waals surface area contributed by atoms with Crippen molar-refractivity contribution in [1.29, 1.82) is 0 Å². The maximum absolute atomic E-state index is 10.2. The topological polar surface area (TPSA) is 40.5 Å². The lowest BCUT2D eigenvalue weighted by molar-refractivity contribution is -0.154. The van der Waals surface area contributed by atoms with Gasteiger partial charge in [0.25, 0.3) is 0 Å². The van der Waals surface area contributed by atoms with Crippen molar-refractivity contribution in [2.24, 2.45) is 0 Å². The fraction of sp³-hybridized carbons (Fsp3) is 0.400. The van der Waals surface area contributed by atoms with Crippen LogP contribution in [-0.2, 0) is 4.79 Å². The Hall–Kier alpha value is -0.830. The molecule has 0 aromatic carbocycles. The lowest BCUT2D eigenvalue weighted by atomic mass is 10.5. The average Bonchev–Trinajstić information content (AvgIpc) is 1.64. The second-order valence-electron chi connectivity index (χ2n) is 1.57. The van der Waals surface area contributed by atoms with Crippen molar-refractivity contribution in [3.05, 3.63) is 12.3 Å². The molecule has 0 aliphatic heterocycles. The lowest BCUT2D eigenvalue weighted by Crippen LogP contribution is -2.21. The van der Waals surface area contributed by atoms with Gasteiger partial charge in [0.05, 0.1) is 0 Å². The van der Waals surface area contributed by atoms with E-state index < -0.39 is 5.91 Å². The highest BCUT2D eigenvalue weighted by atomic mass is 16.5. The number of hydrogen-bond donors (Lipinski definition) is 1. The molecule has 0 fully saturated rings. The van der Waals surface area contributed by atoms with Crippen molar-refractivity contribution < 1.29 is 10.0 Å². The van der Waals surface area contributed by atoms with Crippen LogP contribution >= 0.6 is 0 Å². The summed E-state index contributed by atoms with van der Waals surface area (Å²) in [5.74, 6) is -0.419. The zero-order valence-electron chi connectivity index (χ0n) is 5.01. The third-order valence-corrected chi connectivity index (χ3v) is 0.660. The summed E-state index contributed by atoms with van der Waals surface area (Å²) in [4.78, 5) is 10.2. The van der Waals surface area contributed by atoms with Crippen LogP contribution in [0.25, 0.3) is 0 Å². The SMILES string of the molecule is C=C(C)N(O)C(C)=O. The number of carbonyl (C=O) groups is 1. The van der Waals surface area contributed by atoms with Gasteiger partial charge in [-0.15, -0.1) is 0 Å². The molecule has 0 saturated heterocycles. The molecule has 0 saturated carbocycles. The number of allylic oxidation sites excluding steroid dienone is 1. The fourth-order valence-electron chi connectivity index (χ4n) is 0.269. The van der Waals surface area contributed by atoms with Crippen molar-refractivity contribution >= 4 is 5.91 Å². The van der Waals surface area contributed by atoms with E-state index >= 15 is 0 Å². The Kier molecular flexibility index (Phi) is 2.21. The van der Waals surface area contributed by atoms with Crippen molar-refractivity contribution in [3.63, 3.8) is 0 Å². The van der Waals surface area contributed by atoms with E-state index in [4.69, 9.17) is 5.21 Å². The van der Waals surface area contributed by atoms with Crippen molar-refractivity contribution in [1.82, 2.24) is 5.06 Å². The number of hydroxylamine groups is 2. The summed E-state index contributed by atoms with van der Waals surface area (Å²) >= 11 is 0. The van der Waals surface area contributed by atoms with E-state index in [-0.39, 0.29) is 0 Å². The Morgan fingerprint density at radius 2 is 2.00 bits per heavy atom. The van der Waals surface area contributed by atoms with E-state index in [1.165, 1.54) is 6.92 Å². The highest BCUT2D eigenvalue weighted by Crippen LogP contribution is 1.93. The molecule has 0 radical (unpaired) electrons. The summed E-state index contributed by atoms with van der Waals surface area (Å²) in [6.07, 6.45) is 0. The molecule has 0 aliphatic rings. The van der Waals surface area contributed by atoms with Gasteiger partial charge in [0.1, 0.15) is 0 Å². The van der Waals surface area contributed by atoms with Crippen LogP contribution in [-0.4, -0.2) is 16.2 Å². The first-order chi connectivity index (χ1) is 3.55. The van der Waals surface area contributed by atoms with Crippen LogP contribution in [0.4, 0.5) is 0 Å². The monoisotopic (exact) mass is 115 g/mol. The van der Waals surface area contributed by atoms with Gasteiger partial charge >= 0.3 is 0 Å². The predicted octanol–water partition coefficient (Wildman–Crippen LogP) is 0.758. The van der Waals surface area contributed by atoms with Gasteiger partial charge in [0.2, 0.25) is 5.91 Å². The molecule has 0 unspecified atom stereocenters. The summed E-state index contributed by atoms with van der Waals surface area (Å²) in [7, 11) is 0. The first-order valence-electron chi connectivity index (χ1n) is 2.20. The second kappa shape index (κ2) is 2.47. The maximum atomic E-state index is 10.2. The first kappa shape index (κ1) is 7.17. The summed E-state index contributed by atoms with van der Waals surface area (Å²) in [5.41, 5.74) is 0.331. The van der Waals surface area contributed by atoms with Crippen molar-refractivity contribution in [3.8, 4) is 0 Å². The largest absolute Gasteiger partial charge is 0.281 e. The molecule has 0 bridgehead atoms. The van der Waals surface area contributed by atoms with Gasteiger partial charge in [-0.2, -0.15) is 5.06 Å². The number of amides is 1. The Morgan fingerprint density at radius 3 is 2.00 bits per heavy atom. The molecular formula is C5H9NO2. The van der Waals surface area contributed by atoms with E-state index in [0.717, 1.165) is 0 Å². The molecule has 0 aliphatic carbocycles. The van der Waals surface area contributed by atoms with E-state index in [2.05, 4.69) is 6.58 Å². The molecule has 1 N–H and O–H groups in total. The van der Waals surface area contributed by atoms with Gasteiger partial charge in [-0.05, 0) is 6.92 Å². The second-order valence-corrected chi connectivity index (χ2v) is 1.57. The first-order valence-corrected chi connectivity index (χ1v) is 2.20. The molecule has 0 spiro atoms. The third kappa shape index (κ3) is 1.75. The van der Waals surface area contributed by atoms with Crippen LogP contribution in [0.5, 0.6) is 0 Å². The Labute approximate surface area is 48.2 Å². The summed E-state index contributed by atoms with van der Waals surface area (Å²) in [6, 6.07) is 0. The number of rotatable bonds is 1.